The lowest BCUT2D eigenvalue weighted by Gasteiger charge is -2.40. The van der Waals surface area contributed by atoms with E-state index in [-0.39, 0.29) is 5.04 Å². The second-order valence-corrected chi connectivity index (χ2v) is 14.4. The summed E-state index contributed by atoms with van der Waals surface area (Å²) in [6.45, 7) is 17.9. The summed E-state index contributed by atoms with van der Waals surface area (Å²) in [7, 11) is -1.69. The van der Waals surface area contributed by atoms with Gasteiger partial charge in [0, 0.05) is 3.92 Å². The van der Waals surface area contributed by atoms with Gasteiger partial charge in [0.2, 0.25) is 0 Å². The molecule has 0 aromatic carbocycles. The van der Waals surface area contributed by atoms with Crippen LogP contribution >= 0.6 is 22.6 Å². The highest BCUT2D eigenvalue weighted by Gasteiger charge is 2.40. The van der Waals surface area contributed by atoms with E-state index < -0.39 is 8.32 Å². The highest BCUT2D eigenvalue weighted by atomic mass is 127. The number of hydrogen-bond donors (Lipinski definition) is 0. The number of alkyl halides is 1. The van der Waals surface area contributed by atoms with Gasteiger partial charge in [-0.15, -0.1) is 6.58 Å². The van der Waals surface area contributed by atoms with E-state index in [4.69, 9.17) is 4.43 Å². The Balaban J connectivity index is 4.34. The molecule has 0 aliphatic rings. The molecule has 0 N–H and O–H groups in total. The zero-order valence-corrected chi connectivity index (χ0v) is 19.0. The highest BCUT2D eigenvalue weighted by molar-refractivity contribution is 14.1. The van der Waals surface area contributed by atoms with Crippen LogP contribution in [0.5, 0.6) is 0 Å². The van der Waals surface area contributed by atoms with Crippen LogP contribution in [0.15, 0.2) is 12.7 Å². The summed E-state index contributed by atoms with van der Waals surface area (Å²) in [5, 5.41) is 0.281. The number of unbranched alkanes of at least 4 members (excludes halogenated alkanes) is 5. The zero-order chi connectivity index (χ0) is 17.2. The zero-order valence-electron chi connectivity index (χ0n) is 15.9. The van der Waals surface area contributed by atoms with Crippen molar-refractivity contribution in [2.75, 3.05) is 0 Å². The molecule has 0 saturated carbocycles. The van der Waals surface area contributed by atoms with Gasteiger partial charge in [-0.25, -0.2) is 0 Å². The standard InChI is InChI=1S/C19H39IOSi/c1-8-10-11-12-13-14-16-17(20)18(15-9-2)21-22(6,7)19(3,4)5/h9,17-18H,2,8,10-16H2,1,3-7H3/t17-,18+/m0/s1. The molecule has 0 rings (SSSR count). The van der Waals surface area contributed by atoms with Crippen molar-refractivity contribution < 1.29 is 4.43 Å². The van der Waals surface area contributed by atoms with E-state index in [1.165, 1.54) is 44.9 Å². The van der Waals surface area contributed by atoms with Gasteiger partial charge in [0.15, 0.2) is 8.32 Å². The van der Waals surface area contributed by atoms with Crippen molar-refractivity contribution in [3.63, 3.8) is 0 Å². The van der Waals surface area contributed by atoms with Crippen LogP contribution in [0, 0.1) is 0 Å². The molecule has 0 bridgehead atoms. The molecular weight excluding hydrogens is 399 g/mol. The summed E-state index contributed by atoms with van der Waals surface area (Å²) in [6, 6.07) is 0. The van der Waals surface area contributed by atoms with Crippen LogP contribution in [0.2, 0.25) is 18.1 Å². The summed E-state index contributed by atoms with van der Waals surface area (Å²) >= 11 is 2.61. The van der Waals surface area contributed by atoms with Crippen LogP contribution in [-0.2, 0) is 4.43 Å². The summed E-state index contributed by atoms with van der Waals surface area (Å²) in [4.78, 5) is 0. The Labute approximate surface area is 154 Å². The quantitative estimate of drug-likeness (QED) is 0.101. The maximum atomic E-state index is 6.66. The third-order valence-electron chi connectivity index (χ3n) is 4.89. The van der Waals surface area contributed by atoms with Gasteiger partial charge in [-0.05, 0) is 31.0 Å². The minimum atomic E-state index is -1.69. The first kappa shape index (κ1) is 22.6. The second-order valence-electron chi connectivity index (χ2n) is 8.01. The lowest BCUT2D eigenvalue weighted by molar-refractivity contribution is 0.180. The lowest BCUT2D eigenvalue weighted by atomic mass is 10.0. The fourth-order valence-corrected chi connectivity index (χ4v) is 4.82. The highest BCUT2D eigenvalue weighted by Crippen LogP contribution is 2.39. The molecule has 0 heterocycles. The molecule has 0 aliphatic carbocycles. The van der Waals surface area contributed by atoms with Crippen molar-refractivity contribution in [1.82, 2.24) is 0 Å². The monoisotopic (exact) mass is 438 g/mol. The molecule has 0 aliphatic heterocycles. The summed E-state index contributed by atoms with van der Waals surface area (Å²) in [5.41, 5.74) is 0. The third kappa shape index (κ3) is 9.07. The molecule has 3 heteroatoms. The van der Waals surface area contributed by atoms with Gasteiger partial charge in [0.25, 0.3) is 0 Å². The van der Waals surface area contributed by atoms with Crippen molar-refractivity contribution >= 4 is 30.9 Å². The van der Waals surface area contributed by atoms with Crippen LogP contribution in [-0.4, -0.2) is 18.3 Å². The summed E-state index contributed by atoms with van der Waals surface area (Å²) in [5.74, 6) is 0. The average molecular weight is 439 g/mol. The first-order chi connectivity index (χ1) is 10.2. The number of hydrogen-bond acceptors (Lipinski definition) is 1. The van der Waals surface area contributed by atoms with E-state index in [2.05, 4.69) is 70.0 Å². The van der Waals surface area contributed by atoms with Gasteiger partial charge < -0.3 is 4.43 Å². The summed E-state index contributed by atoms with van der Waals surface area (Å²) in [6.07, 6.45) is 12.9. The number of rotatable bonds is 12. The predicted molar refractivity (Wildman–Crippen MR) is 113 cm³/mol. The molecule has 0 spiro atoms. The fraction of sp³-hybridized carbons (Fsp3) is 0.895. The first-order valence-electron chi connectivity index (χ1n) is 9.08. The van der Waals surface area contributed by atoms with Crippen molar-refractivity contribution in [1.29, 1.82) is 0 Å². The van der Waals surface area contributed by atoms with Crippen molar-refractivity contribution in [2.24, 2.45) is 0 Å². The maximum absolute atomic E-state index is 6.66. The Hall–Kier alpha value is 0.647. The average Bonchev–Trinajstić information content (AvgIpc) is 2.40. The molecule has 0 aromatic heterocycles. The van der Waals surface area contributed by atoms with Gasteiger partial charge in [0.05, 0.1) is 6.10 Å². The van der Waals surface area contributed by atoms with E-state index in [0.717, 1.165) is 6.42 Å². The first-order valence-corrected chi connectivity index (χ1v) is 13.2. The van der Waals surface area contributed by atoms with Crippen LogP contribution in [0.3, 0.4) is 0 Å². The van der Waals surface area contributed by atoms with Gasteiger partial charge in [-0.1, -0.05) is 94.9 Å². The molecule has 132 valence electrons. The van der Waals surface area contributed by atoms with Crippen molar-refractivity contribution in [3.8, 4) is 0 Å². The largest absolute Gasteiger partial charge is 0.413 e. The molecule has 0 aromatic rings. The van der Waals surface area contributed by atoms with E-state index in [9.17, 15) is 0 Å². The Morgan fingerprint density at radius 1 is 1.09 bits per heavy atom. The topological polar surface area (TPSA) is 9.23 Å². The van der Waals surface area contributed by atoms with Crippen LogP contribution < -0.4 is 0 Å². The normalized spacial score (nSPS) is 15.6. The number of halogens is 1. The van der Waals surface area contributed by atoms with Crippen molar-refractivity contribution in [3.05, 3.63) is 12.7 Å². The Morgan fingerprint density at radius 3 is 2.14 bits per heavy atom. The van der Waals surface area contributed by atoms with E-state index in [1.807, 2.05) is 6.08 Å². The van der Waals surface area contributed by atoms with Gasteiger partial charge in [-0.2, -0.15) is 0 Å². The molecule has 22 heavy (non-hydrogen) atoms. The van der Waals surface area contributed by atoms with Crippen LogP contribution in [0.1, 0.15) is 79.1 Å². The molecular formula is C19H39IOSi. The summed E-state index contributed by atoms with van der Waals surface area (Å²) < 4.78 is 7.27. The molecule has 0 fully saturated rings. The van der Waals surface area contributed by atoms with Crippen LogP contribution in [0.25, 0.3) is 0 Å². The molecule has 0 radical (unpaired) electrons. The van der Waals surface area contributed by atoms with Gasteiger partial charge >= 0.3 is 0 Å². The lowest BCUT2D eigenvalue weighted by Crippen LogP contribution is -2.46. The fourth-order valence-electron chi connectivity index (χ4n) is 2.29. The smallest absolute Gasteiger partial charge is 0.192 e. The van der Waals surface area contributed by atoms with Crippen LogP contribution in [0.4, 0.5) is 0 Å². The van der Waals surface area contributed by atoms with Gasteiger partial charge in [-0.3, -0.25) is 0 Å². The maximum Gasteiger partial charge on any atom is 0.192 e. The van der Waals surface area contributed by atoms with Crippen molar-refractivity contribution in [2.45, 2.75) is 107 Å². The second kappa shape index (κ2) is 11.2. The molecule has 2 atom stereocenters. The Bertz CT molecular complexity index is 296. The Morgan fingerprint density at radius 2 is 1.64 bits per heavy atom. The minimum Gasteiger partial charge on any atom is -0.413 e. The minimum absolute atomic E-state index is 0.281. The SMILES string of the molecule is C=CC[C@@H](O[Si](C)(C)C(C)(C)C)[C@@H](I)CCCCCCCC. The van der Waals surface area contributed by atoms with E-state index in [1.54, 1.807) is 0 Å². The van der Waals surface area contributed by atoms with E-state index >= 15 is 0 Å². The molecule has 0 saturated heterocycles. The molecule has 1 nitrogen and oxygen atoms in total. The Kier molecular flexibility index (Phi) is 11.6. The predicted octanol–water partition coefficient (Wildman–Crippen LogP) is 7.51. The van der Waals surface area contributed by atoms with Gasteiger partial charge in [0.1, 0.15) is 0 Å². The molecule has 0 amide bonds. The third-order valence-corrected chi connectivity index (χ3v) is 10.8. The molecule has 0 unspecified atom stereocenters. The van der Waals surface area contributed by atoms with E-state index in [0.29, 0.717) is 10.0 Å².